The second-order valence-corrected chi connectivity index (χ2v) is 5.70. The molecule has 1 amide bonds. The first kappa shape index (κ1) is 15.6. The third kappa shape index (κ3) is 3.66. The summed E-state index contributed by atoms with van der Waals surface area (Å²) in [5, 5.41) is 11.6. The van der Waals surface area contributed by atoms with Gasteiger partial charge in [0.2, 0.25) is 0 Å². The van der Waals surface area contributed by atoms with Crippen LogP contribution in [0, 0.1) is 0 Å². The number of alkyl carbamates (subject to hydrolysis) is 1. The fourth-order valence-corrected chi connectivity index (χ4v) is 1.85. The molecule has 0 aliphatic heterocycles. The third-order valence-corrected chi connectivity index (χ3v) is 2.67. The predicted molar refractivity (Wildman–Crippen MR) is 78.2 cm³/mol. The van der Waals surface area contributed by atoms with E-state index < -0.39 is 23.7 Å². The van der Waals surface area contributed by atoms with Gasteiger partial charge in [0.05, 0.1) is 0 Å². The first-order chi connectivity index (χ1) is 10.2. The van der Waals surface area contributed by atoms with Crippen LogP contribution >= 0.6 is 0 Å². The Kier molecular flexibility index (Phi) is 3.94. The summed E-state index contributed by atoms with van der Waals surface area (Å²) in [6.07, 6.45) is -0.820. The standard InChI is InChI=1S/C14H17N3O5/c1-14(2,3)22-13(20)17-10(11(18)19)7-4-5-9-8(6-7)16-12(15)21-9/h4-6,10H,1-3H3,(H2,15,16)(H,17,20)(H,18,19). The van der Waals surface area contributed by atoms with E-state index in [1.165, 1.54) is 12.1 Å². The maximum atomic E-state index is 11.8. The molecule has 2 aromatic rings. The lowest BCUT2D eigenvalue weighted by molar-refractivity contribution is -0.139. The molecule has 22 heavy (non-hydrogen) atoms. The van der Waals surface area contributed by atoms with Crippen LogP contribution < -0.4 is 11.1 Å². The van der Waals surface area contributed by atoms with Crippen molar-refractivity contribution >= 4 is 29.2 Å². The van der Waals surface area contributed by atoms with Gasteiger partial charge in [0.25, 0.3) is 6.01 Å². The molecular weight excluding hydrogens is 290 g/mol. The van der Waals surface area contributed by atoms with E-state index in [1.807, 2.05) is 0 Å². The van der Waals surface area contributed by atoms with Crippen molar-refractivity contribution < 1.29 is 23.8 Å². The number of nitrogens with two attached hydrogens (primary N) is 1. The van der Waals surface area contributed by atoms with Gasteiger partial charge in [-0.05, 0) is 38.5 Å². The smallest absolute Gasteiger partial charge is 0.408 e. The molecule has 8 nitrogen and oxygen atoms in total. The number of ether oxygens (including phenoxy) is 1. The number of nitrogen functional groups attached to an aromatic ring is 1. The van der Waals surface area contributed by atoms with Gasteiger partial charge in [-0.3, -0.25) is 0 Å². The minimum absolute atomic E-state index is 0.0147. The SMILES string of the molecule is CC(C)(C)OC(=O)NC(C(=O)O)c1ccc2oc(N)nc2c1. The summed E-state index contributed by atoms with van der Waals surface area (Å²) in [6.45, 7) is 5.06. The lowest BCUT2D eigenvalue weighted by Crippen LogP contribution is -2.38. The lowest BCUT2D eigenvalue weighted by atomic mass is 10.1. The second kappa shape index (κ2) is 5.55. The van der Waals surface area contributed by atoms with E-state index >= 15 is 0 Å². The average molecular weight is 307 g/mol. The van der Waals surface area contributed by atoms with Crippen molar-refractivity contribution in [2.45, 2.75) is 32.4 Å². The maximum Gasteiger partial charge on any atom is 0.408 e. The van der Waals surface area contributed by atoms with Crippen LogP contribution in [0.2, 0.25) is 0 Å². The van der Waals surface area contributed by atoms with Crippen LogP contribution in [0.1, 0.15) is 32.4 Å². The normalized spacial score (nSPS) is 12.9. The second-order valence-electron chi connectivity index (χ2n) is 5.70. The van der Waals surface area contributed by atoms with Gasteiger partial charge in [-0.15, -0.1) is 0 Å². The van der Waals surface area contributed by atoms with Gasteiger partial charge in [-0.1, -0.05) is 6.07 Å². The zero-order valence-corrected chi connectivity index (χ0v) is 12.4. The van der Waals surface area contributed by atoms with E-state index in [1.54, 1.807) is 26.8 Å². The van der Waals surface area contributed by atoms with Gasteiger partial charge >= 0.3 is 12.1 Å². The van der Waals surface area contributed by atoms with Gasteiger partial charge in [0.15, 0.2) is 11.6 Å². The van der Waals surface area contributed by atoms with Crippen LogP contribution in [0.5, 0.6) is 0 Å². The van der Waals surface area contributed by atoms with E-state index in [0.29, 0.717) is 16.7 Å². The molecule has 8 heteroatoms. The van der Waals surface area contributed by atoms with E-state index in [2.05, 4.69) is 10.3 Å². The van der Waals surface area contributed by atoms with Crippen molar-refractivity contribution in [2.75, 3.05) is 5.73 Å². The molecule has 1 unspecified atom stereocenters. The number of benzene rings is 1. The molecule has 1 aromatic heterocycles. The summed E-state index contributed by atoms with van der Waals surface area (Å²) in [5.74, 6) is -1.22. The number of amides is 1. The molecule has 118 valence electrons. The van der Waals surface area contributed by atoms with Crippen LogP contribution in [0.3, 0.4) is 0 Å². The van der Waals surface area contributed by atoms with Crippen LogP contribution in [-0.2, 0) is 9.53 Å². The summed E-state index contributed by atoms with van der Waals surface area (Å²) in [4.78, 5) is 27.1. The number of fused-ring (bicyclic) bond motifs is 1. The van der Waals surface area contributed by atoms with E-state index in [4.69, 9.17) is 14.9 Å². The molecule has 0 aliphatic carbocycles. The third-order valence-electron chi connectivity index (χ3n) is 2.67. The zero-order valence-electron chi connectivity index (χ0n) is 12.4. The molecule has 1 aromatic carbocycles. The molecule has 0 fully saturated rings. The number of aliphatic carboxylic acids is 1. The van der Waals surface area contributed by atoms with Crippen molar-refractivity contribution in [1.29, 1.82) is 0 Å². The van der Waals surface area contributed by atoms with Crippen LogP contribution in [0.4, 0.5) is 10.8 Å². The number of hydrogen-bond donors (Lipinski definition) is 3. The molecule has 0 bridgehead atoms. The molecule has 2 rings (SSSR count). The Morgan fingerprint density at radius 1 is 1.41 bits per heavy atom. The summed E-state index contributed by atoms with van der Waals surface area (Å²) in [6, 6.07) is 3.27. The highest BCUT2D eigenvalue weighted by molar-refractivity contribution is 5.83. The predicted octanol–water partition coefficient (Wildman–Crippen LogP) is 2.06. The molecule has 0 saturated heterocycles. The molecule has 4 N–H and O–H groups in total. The fraction of sp³-hybridized carbons (Fsp3) is 0.357. The number of oxazole rings is 1. The highest BCUT2D eigenvalue weighted by Gasteiger charge is 2.26. The monoisotopic (exact) mass is 307 g/mol. The Hall–Kier alpha value is -2.77. The van der Waals surface area contributed by atoms with Crippen molar-refractivity contribution in [3.8, 4) is 0 Å². The number of anilines is 1. The number of nitrogens with one attached hydrogen (secondary N) is 1. The topological polar surface area (TPSA) is 128 Å². The number of aromatic nitrogens is 1. The molecule has 0 radical (unpaired) electrons. The summed E-state index contributed by atoms with van der Waals surface area (Å²) in [5.41, 5.74) is 5.89. The Morgan fingerprint density at radius 3 is 2.68 bits per heavy atom. The van der Waals surface area contributed by atoms with Gasteiger partial charge in [0, 0.05) is 0 Å². The number of carboxylic acids is 1. The summed E-state index contributed by atoms with van der Waals surface area (Å²) in [7, 11) is 0. The summed E-state index contributed by atoms with van der Waals surface area (Å²) >= 11 is 0. The van der Waals surface area contributed by atoms with Gasteiger partial charge in [0.1, 0.15) is 11.1 Å². The highest BCUT2D eigenvalue weighted by atomic mass is 16.6. The average Bonchev–Trinajstić information content (AvgIpc) is 2.72. The van der Waals surface area contributed by atoms with Gasteiger partial charge in [-0.2, -0.15) is 4.98 Å². The maximum absolute atomic E-state index is 11.8. The highest BCUT2D eigenvalue weighted by Crippen LogP contribution is 2.22. The zero-order chi connectivity index (χ0) is 16.5. The molecular formula is C14H17N3O5. The van der Waals surface area contributed by atoms with Crippen molar-refractivity contribution in [3.05, 3.63) is 23.8 Å². The van der Waals surface area contributed by atoms with Crippen molar-refractivity contribution in [3.63, 3.8) is 0 Å². The molecule has 0 spiro atoms. The van der Waals surface area contributed by atoms with E-state index in [9.17, 15) is 14.7 Å². The quantitative estimate of drug-likeness (QED) is 0.791. The first-order valence-corrected chi connectivity index (χ1v) is 6.54. The number of hydrogen-bond acceptors (Lipinski definition) is 6. The van der Waals surface area contributed by atoms with E-state index in [-0.39, 0.29) is 6.01 Å². The Bertz CT molecular complexity index is 717. The molecule has 1 atom stereocenters. The van der Waals surface area contributed by atoms with Crippen LogP contribution in [-0.4, -0.2) is 27.8 Å². The number of nitrogens with zero attached hydrogens (tertiary/aromatic N) is 1. The van der Waals surface area contributed by atoms with Crippen molar-refractivity contribution in [1.82, 2.24) is 10.3 Å². The van der Waals surface area contributed by atoms with Gasteiger partial charge in [-0.25, -0.2) is 9.59 Å². The number of carbonyl (C=O) groups excluding carboxylic acids is 1. The first-order valence-electron chi connectivity index (χ1n) is 6.54. The summed E-state index contributed by atoms with van der Waals surface area (Å²) < 4.78 is 10.2. The number of rotatable bonds is 3. The fourth-order valence-electron chi connectivity index (χ4n) is 1.85. The molecule has 1 heterocycles. The van der Waals surface area contributed by atoms with Crippen molar-refractivity contribution in [2.24, 2.45) is 0 Å². The van der Waals surface area contributed by atoms with Gasteiger partial charge < -0.3 is 25.3 Å². The molecule has 0 aliphatic rings. The molecule has 0 saturated carbocycles. The minimum Gasteiger partial charge on any atom is -0.479 e. The van der Waals surface area contributed by atoms with E-state index in [0.717, 1.165) is 0 Å². The lowest BCUT2D eigenvalue weighted by Gasteiger charge is -2.22. The number of carbonyl (C=O) groups is 2. The minimum atomic E-state index is -1.27. The van der Waals surface area contributed by atoms with Crippen LogP contribution in [0.15, 0.2) is 22.6 Å². The number of carboxylic acid groups (broad SMARTS) is 1. The largest absolute Gasteiger partial charge is 0.479 e. The van der Waals surface area contributed by atoms with Crippen LogP contribution in [0.25, 0.3) is 11.1 Å². The Morgan fingerprint density at radius 2 is 2.09 bits per heavy atom. The Balaban J connectivity index is 2.26. The Labute approximate surface area is 126 Å².